The summed E-state index contributed by atoms with van der Waals surface area (Å²) in [4.78, 5) is 11.8. The molecule has 0 amide bonds. The highest BCUT2D eigenvalue weighted by atomic mass is 16.1. The van der Waals surface area contributed by atoms with Gasteiger partial charge in [-0.1, -0.05) is 24.6 Å². The molecular weight excluding hydrogens is 202 g/mol. The average molecular weight is 217 g/mol. The van der Waals surface area contributed by atoms with Gasteiger partial charge in [-0.25, -0.2) is 4.68 Å². The molecular formula is C12H15N3O. The first-order valence-corrected chi connectivity index (χ1v) is 5.30. The van der Waals surface area contributed by atoms with Crippen molar-refractivity contribution in [3.8, 4) is 5.69 Å². The molecule has 0 bridgehead atoms. The molecule has 0 saturated carbocycles. The first-order chi connectivity index (χ1) is 7.63. The van der Waals surface area contributed by atoms with E-state index < -0.39 is 0 Å². The number of hydrogen-bond donors (Lipinski definition) is 2. The van der Waals surface area contributed by atoms with Crippen molar-refractivity contribution in [1.82, 2.24) is 9.78 Å². The molecule has 0 aliphatic rings. The van der Waals surface area contributed by atoms with E-state index in [-0.39, 0.29) is 5.56 Å². The van der Waals surface area contributed by atoms with Crippen molar-refractivity contribution in [1.29, 1.82) is 0 Å². The maximum Gasteiger partial charge on any atom is 0.294 e. The van der Waals surface area contributed by atoms with Crippen LogP contribution >= 0.6 is 0 Å². The highest BCUT2D eigenvalue weighted by Gasteiger charge is 2.10. The molecule has 4 heteroatoms. The van der Waals surface area contributed by atoms with E-state index >= 15 is 0 Å². The first-order valence-electron chi connectivity index (χ1n) is 5.30. The summed E-state index contributed by atoms with van der Waals surface area (Å²) in [6, 6.07) is 7.72. The summed E-state index contributed by atoms with van der Waals surface area (Å²) in [6.07, 6.45) is 0.722. The molecule has 0 unspecified atom stereocenters. The number of hydrogen-bond acceptors (Lipinski definition) is 2. The summed E-state index contributed by atoms with van der Waals surface area (Å²) >= 11 is 0. The van der Waals surface area contributed by atoms with Gasteiger partial charge in [-0.05, 0) is 25.5 Å². The Kier molecular flexibility index (Phi) is 2.56. The van der Waals surface area contributed by atoms with Crippen LogP contribution in [0.1, 0.15) is 18.2 Å². The van der Waals surface area contributed by atoms with Crippen molar-refractivity contribution in [3.05, 3.63) is 45.9 Å². The minimum absolute atomic E-state index is 0.180. The number of benzene rings is 1. The van der Waals surface area contributed by atoms with Gasteiger partial charge < -0.3 is 5.73 Å². The zero-order chi connectivity index (χ0) is 11.7. The zero-order valence-corrected chi connectivity index (χ0v) is 9.45. The van der Waals surface area contributed by atoms with E-state index in [1.807, 2.05) is 38.1 Å². The second-order valence-corrected chi connectivity index (χ2v) is 3.83. The third-order valence-corrected chi connectivity index (χ3v) is 2.65. The van der Waals surface area contributed by atoms with Crippen LogP contribution < -0.4 is 11.3 Å². The van der Waals surface area contributed by atoms with Crippen molar-refractivity contribution in [3.63, 3.8) is 0 Å². The number of nitrogens with two attached hydrogens (primary N) is 1. The predicted octanol–water partition coefficient (Wildman–Crippen LogP) is 1.62. The molecule has 16 heavy (non-hydrogen) atoms. The fraction of sp³-hybridized carbons (Fsp3) is 0.250. The van der Waals surface area contributed by atoms with E-state index in [1.165, 1.54) is 4.68 Å². The fourth-order valence-electron chi connectivity index (χ4n) is 1.64. The molecule has 2 rings (SSSR count). The number of nitrogens with zero attached hydrogens (tertiary/aromatic N) is 1. The maximum absolute atomic E-state index is 11.8. The zero-order valence-electron chi connectivity index (χ0n) is 9.45. The van der Waals surface area contributed by atoms with Crippen molar-refractivity contribution in [2.75, 3.05) is 5.73 Å². The molecule has 0 spiro atoms. The van der Waals surface area contributed by atoms with E-state index in [0.717, 1.165) is 23.4 Å². The second-order valence-electron chi connectivity index (χ2n) is 3.83. The van der Waals surface area contributed by atoms with Gasteiger partial charge in [0.2, 0.25) is 0 Å². The Morgan fingerprint density at radius 2 is 1.94 bits per heavy atom. The highest BCUT2D eigenvalue weighted by Crippen LogP contribution is 2.10. The van der Waals surface area contributed by atoms with Gasteiger partial charge in [0, 0.05) is 0 Å². The summed E-state index contributed by atoms with van der Waals surface area (Å²) in [6.45, 7) is 3.97. The van der Waals surface area contributed by atoms with E-state index in [9.17, 15) is 4.79 Å². The molecule has 1 aromatic carbocycles. The summed E-state index contributed by atoms with van der Waals surface area (Å²) in [7, 11) is 0. The molecule has 0 fully saturated rings. The molecule has 0 radical (unpaired) electrons. The monoisotopic (exact) mass is 217 g/mol. The van der Waals surface area contributed by atoms with Gasteiger partial charge >= 0.3 is 0 Å². The van der Waals surface area contributed by atoms with E-state index in [2.05, 4.69) is 5.10 Å². The van der Waals surface area contributed by atoms with Crippen molar-refractivity contribution in [2.45, 2.75) is 20.3 Å². The van der Waals surface area contributed by atoms with Crippen LogP contribution in [0.15, 0.2) is 29.1 Å². The number of rotatable bonds is 2. The molecule has 1 aromatic heterocycles. The lowest BCUT2D eigenvalue weighted by atomic mass is 10.2. The lowest BCUT2D eigenvalue weighted by Crippen LogP contribution is -2.16. The van der Waals surface area contributed by atoms with E-state index in [4.69, 9.17) is 5.73 Å². The van der Waals surface area contributed by atoms with Crippen LogP contribution in [0.3, 0.4) is 0 Å². The van der Waals surface area contributed by atoms with Gasteiger partial charge in [-0.15, -0.1) is 0 Å². The number of anilines is 1. The fourth-order valence-corrected chi connectivity index (χ4v) is 1.64. The molecule has 3 N–H and O–H groups in total. The lowest BCUT2D eigenvalue weighted by Gasteiger charge is -2.01. The standard InChI is InChI=1S/C12H15N3O/c1-3-10-11(13)12(16)15(14-10)9-6-4-8(2)5-7-9/h4-7,14H,3,13H2,1-2H3. The minimum atomic E-state index is -0.180. The van der Waals surface area contributed by atoms with Crippen LogP contribution in [0.4, 0.5) is 5.69 Å². The molecule has 2 aromatic rings. The van der Waals surface area contributed by atoms with Crippen LogP contribution in [-0.4, -0.2) is 9.78 Å². The summed E-state index contributed by atoms with van der Waals surface area (Å²) in [5.41, 5.74) is 8.59. The molecule has 1 heterocycles. The van der Waals surface area contributed by atoms with Gasteiger partial charge in [-0.3, -0.25) is 9.89 Å². The summed E-state index contributed by atoms with van der Waals surface area (Å²) in [5, 5.41) is 3.01. The predicted molar refractivity (Wildman–Crippen MR) is 64.9 cm³/mol. The smallest absolute Gasteiger partial charge is 0.294 e. The first kappa shape index (κ1) is 10.5. The van der Waals surface area contributed by atoms with Crippen LogP contribution in [0.5, 0.6) is 0 Å². The number of aromatic amines is 1. The van der Waals surface area contributed by atoms with E-state index in [0.29, 0.717) is 5.69 Å². The average Bonchev–Trinajstić information content (AvgIpc) is 2.57. The van der Waals surface area contributed by atoms with Crippen LogP contribution in [0.2, 0.25) is 0 Å². The second kappa shape index (κ2) is 3.89. The molecule has 4 nitrogen and oxygen atoms in total. The third kappa shape index (κ3) is 1.62. The SMILES string of the molecule is CCc1[nH]n(-c2ccc(C)cc2)c(=O)c1N. The quantitative estimate of drug-likeness (QED) is 0.802. The largest absolute Gasteiger partial charge is 0.393 e. The van der Waals surface area contributed by atoms with Gasteiger partial charge in [0.15, 0.2) is 0 Å². The van der Waals surface area contributed by atoms with Gasteiger partial charge in [0.1, 0.15) is 5.69 Å². The number of nitrogens with one attached hydrogen (secondary N) is 1. The summed E-state index contributed by atoms with van der Waals surface area (Å²) in [5.74, 6) is 0. The van der Waals surface area contributed by atoms with Gasteiger partial charge in [0.05, 0.1) is 11.4 Å². The van der Waals surface area contributed by atoms with Gasteiger partial charge in [0.25, 0.3) is 5.56 Å². The molecule has 0 saturated heterocycles. The van der Waals surface area contributed by atoms with Crippen LogP contribution in [0, 0.1) is 6.92 Å². The Hall–Kier alpha value is -1.97. The molecule has 0 aliphatic carbocycles. The molecule has 0 aliphatic heterocycles. The normalized spacial score (nSPS) is 10.6. The van der Waals surface area contributed by atoms with Crippen molar-refractivity contribution in [2.24, 2.45) is 0 Å². The van der Waals surface area contributed by atoms with Crippen molar-refractivity contribution >= 4 is 5.69 Å². The maximum atomic E-state index is 11.8. The van der Waals surface area contributed by atoms with E-state index in [1.54, 1.807) is 0 Å². The lowest BCUT2D eigenvalue weighted by molar-refractivity contribution is 0.819. The van der Waals surface area contributed by atoms with Crippen molar-refractivity contribution < 1.29 is 0 Å². The highest BCUT2D eigenvalue weighted by molar-refractivity contribution is 5.44. The Balaban J connectivity index is 2.56. The third-order valence-electron chi connectivity index (χ3n) is 2.65. The van der Waals surface area contributed by atoms with Crippen LogP contribution in [0.25, 0.3) is 5.69 Å². The Bertz CT molecular complexity index is 549. The number of H-pyrrole nitrogens is 1. The number of aryl methyl sites for hydroxylation is 2. The Morgan fingerprint density at radius 3 is 2.44 bits per heavy atom. The Labute approximate surface area is 93.7 Å². The number of nitrogen functional groups attached to an aromatic ring is 1. The molecule has 84 valence electrons. The van der Waals surface area contributed by atoms with Crippen LogP contribution in [-0.2, 0) is 6.42 Å². The Morgan fingerprint density at radius 1 is 1.31 bits per heavy atom. The molecule has 0 atom stereocenters. The number of aromatic nitrogens is 2. The summed E-state index contributed by atoms with van der Waals surface area (Å²) < 4.78 is 1.48. The minimum Gasteiger partial charge on any atom is -0.393 e. The topological polar surface area (TPSA) is 63.8 Å². The van der Waals surface area contributed by atoms with Gasteiger partial charge in [-0.2, -0.15) is 0 Å².